The third kappa shape index (κ3) is 7.63. The van der Waals surface area contributed by atoms with E-state index in [1.165, 1.54) is 17.8 Å². The number of rotatable bonds is 9. The molecular weight excluding hydrogens is 461 g/mol. The highest BCUT2D eigenvalue weighted by Gasteiger charge is 2.09. The number of hydrogen-bond acceptors (Lipinski definition) is 4. The smallest absolute Gasteiger partial charge is 0.251 e. The molecule has 0 fully saturated rings. The van der Waals surface area contributed by atoms with Crippen LogP contribution in [0.5, 0.6) is 5.75 Å². The molecule has 2 N–H and O–H groups in total. The number of benzene rings is 3. The summed E-state index contributed by atoms with van der Waals surface area (Å²) in [5, 5.41) is 7.31. The van der Waals surface area contributed by atoms with Crippen molar-refractivity contribution in [2.45, 2.75) is 20.0 Å². The number of carbonyl (C=O) groups is 2. The van der Waals surface area contributed by atoms with E-state index in [9.17, 15) is 9.59 Å². The van der Waals surface area contributed by atoms with Gasteiger partial charge in [0.15, 0.2) is 0 Å². The maximum Gasteiger partial charge on any atom is 0.251 e. The van der Waals surface area contributed by atoms with Crippen LogP contribution in [0.4, 0.5) is 0 Å². The highest BCUT2D eigenvalue weighted by atomic mass is 35.5. The molecule has 8 heteroatoms. The first kappa shape index (κ1) is 24.3. The van der Waals surface area contributed by atoms with Crippen LogP contribution >= 0.6 is 23.2 Å². The van der Waals surface area contributed by atoms with Gasteiger partial charge in [0.05, 0.1) is 16.3 Å². The van der Waals surface area contributed by atoms with Gasteiger partial charge in [0.2, 0.25) is 5.91 Å². The average Bonchev–Trinajstić information content (AvgIpc) is 2.81. The number of halogens is 2. The summed E-state index contributed by atoms with van der Waals surface area (Å²) in [5.41, 5.74) is 5.80. The monoisotopic (exact) mass is 483 g/mol. The lowest BCUT2D eigenvalue weighted by atomic mass is 10.1. The fraction of sp³-hybridized carbons (Fsp3) is 0.160. The van der Waals surface area contributed by atoms with E-state index < -0.39 is 0 Å². The number of hydrogen-bond donors (Lipinski definition) is 2. The molecule has 6 nitrogen and oxygen atoms in total. The number of nitrogens with zero attached hydrogens (tertiary/aromatic N) is 1. The molecule has 0 aliphatic carbocycles. The molecule has 33 heavy (non-hydrogen) atoms. The molecule has 0 saturated carbocycles. The number of hydrazone groups is 1. The zero-order valence-corrected chi connectivity index (χ0v) is 19.5. The van der Waals surface area contributed by atoms with Crippen LogP contribution in [0.3, 0.4) is 0 Å². The van der Waals surface area contributed by atoms with Gasteiger partial charge >= 0.3 is 0 Å². The first-order valence-electron chi connectivity index (χ1n) is 10.2. The number of para-hydroxylation sites is 1. The van der Waals surface area contributed by atoms with E-state index in [2.05, 4.69) is 15.8 Å². The Balaban J connectivity index is 1.45. The maximum absolute atomic E-state index is 12.1. The molecule has 3 aromatic rings. The van der Waals surface area contributed by atoms with Crippen molar-refractivity contribution >= 4 is 41.2 Å². The van der Waals surface area contributed by atoms with Crippen LogP contribution in [0.15, 0.2) is 71.8 Å². The molecular formula is C25H23Cl2N3O3. The van der Waals surface area contributed by atoms with Crippen LogP contribution in [-0.4, -0.2) is 24.6 Å². The highest BCUT2D eigenvalue weighted by molar-refractivity contribution is 6.42. The Labute approximate surface area is 202 Å². The van der Waals surface area contributed by atoms with Crippen molar-refractivity contribution < 1.29 is 14.3 Å². The Morgan fingerprint density at radius 1 is 1.00 bits per heavy atom. The third-order valence-corrected chi connectivity index (χ3v) is 5.39. The van der Waals surface area contributed by atoms with Gasteiger partial charge in [0.1, 0.15) is 12.4 Å². The summed E-state index contributed by atoms with van der Waals surface area (Å²) < 4.78 is 5.90. The van der Waals surface area contributed by atoms with Crippen LogP contribution in [0.2, 0.25) is 10.0 Å². The predicted molar refractivity (Wildman–Crippen MR) is 131 cm³/mol. The van der Waals surface area contributed by atoms with E-state index >= 15 is 0 Å². The number of amides is 2. The van der Waals surface area contributed by atoms with Crippen molar-refractivity contribution in [3.05, 3.63) is 99.0 Å². The van der Waals surface area contributed by atoms with E-state index in [4.69, 9.17) is 27.9 Å². The van der Waals surface area contributed by atoms with E-state index in [-0.39, 0.29) is 24.8 Å². The van der Waals surface area contributed by atoms with Crippen molar-refractivity contribution in [3.8, 4) is 5.75 Å². The Morgan fingerprint density at radius 2 is 1.76 bits per heavy atom. The van der Waals surface area contributed by atoms with Gasteiger partial charge in [-0.3, -0.25) is 9.59 Å². The Bertz CT molecular complexity index is 1150. The summed E-state index contributed by atoms with van der Waals surface area (Å²) in [4.78, 5) is 24.1. The molecule has 0 radical (unpaired) electrons. The minimum absolute atomic E-state index is 0.0654. The highest BCUT2D eigenvalue weighted by Crippen LogP contribution is 2.22. The van der Waals surface area contributed by atoms with Gasteiger partial charge in [-0.2, -0.15) is 5.10 Å². The summed E-state index contributed by atoms with van der Waals surface area (Å²) in [7, 11) is 0. The largest absolute Gasteiger partial charge is 0.488 e. The molecule has 170 valence electrons. The minimum Gasteiger partial charge on any atom is -0.488 e. The second-order valence-electron chi connectivity index (χ2n) is 7.24. The standard InChI is InChI=1S/C25H23Cl2N3O3/c1-17-6-8-18(9-7-17)16-33-23-5-3-2-4-20(23)15-29-30-24(31)12-13-28-25(32)19-10-11-21(26)22(27)14-19/h2-11,14-15H,12-13,16H2,1H3,(H,28,32)(H,30,31). The normalized spacial score (nSPS) is 10.8. The van der Waals surface area contributed by atoms with Gasteiger partial charge in [-0.15, -0.1) is 0 Å². The lowest BCUT2D eigenvalue weighted by Crippen LogP contribution is -2.29. The van der Waals surface area contributed by atoms with Gasteiger partial charge in [-0.25, -0.2) is 5.43 Å². The first-order valence-corrected chi connectivity index (χ1v) is 11.0. The fourth-order valence-corrected chi connectivity index (χ4v) is 3.12. The van der Waals surface area contributed by atoms with Crippen LogP contribution in [-0.2, 0) is 11.4 Å². The minimum atomic E-state index is -0.343. The molecule has 3 rings (SSSR count). The van der Waals surface area contributed by atoms with Gasteiger partial charge in [-0.1, -0.05) is 65.2 Å². The predicted octanol–water partition coefficient (Wildman–Crippen LogP) is 5.15. The summed E-state index contributed by atoms with van der Waals surface area (Å²) >= 11 is 11.8. The van der Waals surface area contributed by atoms with Crippen molar-refractivity contribution in [1.29, 1.82) is 0 Å². The number of nitrogens with one attached hydrogen (secondary N) is 2. The maximum atomic E-state index is 12.1. The summed E-state index contributed by atoms with van der Waals surface area (Å²) in [6, 6.07) is 20.1. The molecule has 0 spiro atoms. The number of aryl methyl sites for hydroxylation is 1. The van der Waals surface area contributed by atoms with Gasteiger partial charge in [-0.05, 0) is 42.8 Å². The zero-order valence-electron chi connectivity index (χ0n) is 18.0. The second-order valence-corrected chi connectivity index (χ2v) is 8.05. The molecule has 0 saturated heterocycles. The average molecular weight is 484 g/mol. The summed E-state index contributed by atoms with van der Waals surface area (Å²) in [5.74, 6) is -0.0202. The fourth-order valence-electron chi connectivity index (χ4n) is 2.82. The van der Waals surface area contributed by atoms with Crippen molar-refractivity contribution in [2.24, 2.45) is 5.10 Å². The molecule has 0 heterocycles. The molecule has 3 aromatic carbocycles. The molecule has 0 bridgehead atoms. The number of carbonyl (C=O) groups excluding carboxylic acids is 2. The number of ether oxygens (including phenoxy) is 1. The van der Waals surface area contributed by atoms with Crippen molar-refractivity contribution in [1.82, 2.24) is 10.7 Å². The molecule has 0 aliphatic rings. The van der Waals surface area contributed by atoms with Crippen molar-refractivity contribution in [3.63, 3.8) is 0 Å². The van der Waals surface area contributed by atoms with E-state index in [1.807, 2.05) is 55.5 Å². The van der Waals surface area contributed by atoms with Gasteiger partial charge < -0.3 is 10.1 Å². The molecule has 0 aromatic heterocycles. The zero-order chi connectivity index (χ0) is 23.6. The first-order chi connectivity index (χ1) is 15.9. The Kier molecular flexibility index (Phi) is 8.87. The topological polar surface area (TPSA) is 79.8 Å². The SMILES string of the molecule is Cc1ccc(COc2ccccc2C=NNC(=O)CCNC(=O)c2ccc(Cl)c(Cl)c2)cc1. The van der Waals surface area contributed by atoms with E-state index in [0.29, 0.717) is 28.0 Å². The van der Waals surface area contributed by atoms with Crippen LogP contribution in [0.1, 0.15) is 33.5 Å². The molecule has 0 unspecified atom stereocenters. The van der Waals surface area contributed by atoms with E-state index in [0.717, 1.165) is 11.1 Å². The third-order valence-electron chi connectivity index (χ3n) is 4.65. The lowest BCUT2D eigenvalue weighted by molar-refractivity contribution is -0.120. The quantitative estimate of drug-likeness (QED) is 0.326. The van der Waals surface area contributed by atoms with Crippen molar-refractivity contribution in [2.75, 3.05) is 6.54 Å². The summed E-state index contributed by atoms with van der Waals surface area (Å²) in [6.07, 6.45) is 1.59. The van der Waals surface area contributed by atoms with E-state index in [1.54, 1.807) is 12.1 Å². The second kappa shape index (κ2) is 12.0. The molecule has 2 amide bonds. The lowest BCUT2D eigenvalue weighted by Gasteiger charge is -2.09. The Morgan fingerprint density at radius 3 is 2.52 bits per heavy atom. The molecule has 0 aliphatic heterocycles. The Hall–Kier alpha value is -3.35. The molecule has 0 atom stereocenters. The summed E-state index contributed by atoms with van der Waals surface area (Å²) in [6.45, 7) is 2.61. The van der Waals surface area contributed by atoms with Crippen LogP contribution in [0.25, 0.3) is 0 Å². The van der Waals surface area contributed by atoms with Crippen LogP contribution < -0.4 is 15.5 Å². The van der Waals surface area contributed by atoms with Gasteiger partial charge in [0, 0.05) is 24.1 Å². The van der Waals surface area contributed by atoms with Gasteiger partial charge in [0.25, 0.3) is 5.91 Å². The van der Waals surface area contributed by atoms with Crippen LogP contribution in [0, 0.1) is 6.92 Å².